The van der Waals surface area contributed by atoms with E-state index in [1.54, 1.807) is 11.0 Å². The molecular weight excluding hydrogens is 412 g/mol. The zero-order chi connectivity index (χ0) is 20.4. The van der Waals surface area contributed by atoms with E-state index in [-0.39, 0.29) is 18.1 Å². The molecule has 1 saturated heterocycles. The number of rotatable bonds is 3. The molecule has 1 aliphatic heterocycles. The Labute approximate surface area is 169 Å². The number of anilines is 1. The molecule has 1 aromatic rings. The number of halogens is 1. The second-order valence-electron chi connectivity index (χ2n) is 7.90. The fourth-order valence-corrected chi connectivity index (χ4v) is 3.76. The van der Waals surface area contributed by atoms with Crippen molar-refractivity contribution in [3.05, 3.63) is 27.7 Å². The summed E-state index contributed by atoms with van der Waals surface area (Å²) in [5.74, 6) is -0.344. The van der Waals surface area contributed by atoms with Gasteiger partial charge in [-0.3, -0.25) is 0 Å². The van der Waals surface area contributed by atoms with Crippen LogP contribution in [0.2, 0.25) is 0 Å². The molecule has 0 aliphatic carbocycles. The maximum Gasteiger partial charge on any atom is 0.410 e. The van der Waals surface area contributed by atoms with Gasteiger partial charge in [0.15, 0.2) is 0 Å². The van der Waals surface area contributed by atoms with Crippen LogP contribution >= 0.6 is 15.9 Å². The van der Waals surface area contributed by atoms with Crippen molar-refractivity contribution >= 4 is 33.7 Å². The Kier molecular flexibility index (Phi) is 6.78. The number of carbonyl (C=O) groups is 2. The second kappa shape index (κ2) is 8.50. The van der Waals surface area contributed by atoms with Crippen LogP contribution < -0.4 is 4.90 Å². The number of amides is 1. The van der Waals surface area contributed by atoms with E-state index in [1.807, 2.05) is 40.8 Å². The molecule has 1 aliphatic rings. The molecule has 0 saturated carbocycles. The van der Waals surface area contributed by atoms with E-state index in [2.05, 4.69) is 20.8 Å². The molecule has 1 heterocycles. The van der Waals surface area contributed by atoms with Crippen LogP contribution in [-0.2, 0) is 9.47 Å². The first-order valence-electron chi connectivity index (χ1n) is 9.12. The predicted molar refractivity (Wildman–Crippen MR) is 109 cm³/mol. The first-order chi connectivity index (χ1) is 12.5. The quantitative estimate of drug-likeness (QED) is 0.652. The van der Waals surface area contributed by atoms with E-state index in [9.17, 15) is 9.59 Å². The van der Waals surface area contributed by atoms with E-state index in [0.717, 1.165) is 28.6 Å². The number of methoxy groups -OCH3 is 1. The zero-order valence-corrected chi connectivity index (χ0v) is 18.6. The highest BCUT2D eigenvalue weighted by Crippen LogP contribution is 2.31. The van der Waals surface area contributed by atoms with Crippen molar-refractivity contribution in [2.45, 2.75) is 52.2 Å². The summed E-state index contributed by atoms with van der Waals surface area (Å²) in [6.07, 6.45) is 1.43. The number of ether oxygens (including phenoxy) is 2. The molecule has 0 aromatic heterocycles. The van der Waals surface area contributed by atoms with Crippen molar-refractivity contribution in [2.75, 3.05) is 32.1 Å². The highest BCUT2D eigenvalue weighted by Gasteiger charge is 2.29. The number of esters is 1. The van der Waals surface area contributed by atoms with Crippen LogP contribution in [0, 0.1) is 6.92 Å². The predicted octanol–water partition coefficient (Wildman–Crippen LogP) is 4.38. The van der Waals surface area contributed by atoms with Crippen LogP contribution in [-0.4, -0.2) is 55.9 Å². The van der Waals surface area contributed by atoms with Crippen molar-refractivity contribution in [1.29, 1.82) is 0 Å². The van der Waals surface area contributed by atoms with Gasteiger partial charge in [0, 0.05) is 36.3 Å². The fraction of sp³-hybridized carbons (Fsp3) is 0.600. The van der Waals surface area contributed by atoms with Crippen LogP contribution in [0.25, 0.3) is 0 Å². The molecule has 0 bridgehead atoms. The third-order valence-electron chi connectivity index (χ3n) is 4.79. The monoisotopic (exact) mass is 440 g/mol. The van der Waals surface area contributed by atoms with Gasteiger partial charge in [0.2, 0.25) is 0 Å². The second-order valence-corrected chi connectivity index (χ2v) is 8.81. The summed E-state index contributed by atoms with van der Waals surface area (Å²) in [4.78, 5) is 28.3. The van der Waals surface area contributed by atoms with Gasteiger partial charge >= 0.3 is 12.1 Å². The van der Waals surface area contributed by atoms with Crippen molar-refractivity contribution in [2.24, 2.45) is 0 Å². The lowest BCUT2D eigenvalue weighted by Crippen LogP contribution is -2.47. The lowest BCUT2D eigenvalue weighted by Gasteiger charge is -2.39. The Hall–Kier alpha value is -1.76. The lowest BCUT2D eigenvalue weighted by atomic mass is 10.0. The number of piperidine rings is 1. The average Bonchev–Trinajstić information content (AvgIpc) is 2.60. The number of nitrogens with zero attached hydrogens (tertiary/aromatic N) is 2. The summed E-state index contributed by atoms with van der Waals surface area (Å²) in [5.41, 5.74) is 1.95. The molecule has 0 radical (unpaired) electrons. The number of hydrogen-bond donors (Lipinski definition) is 0. The van der Waals surface area contributed by atoms with Gasteiger partial charge in [-0.05, 0) is 58.2 Å². The molecule has 7 heteroatoms. The standard InChI is InChI=1S/C20H29BrN2O4/c1-13-16(18(24)26-6)11-14(21)12-17(13)22(5)15-7-9-23(10-8-15)19(25)27-20(2,3)4/h11-12,15H,7-10H2,1-6H3. The number of benzene rings is 1. The van der Waals surface area contributed by atoms with Crippen LogP contribution in [0.5, 0.6) is 0 Å². The van der Waals surface area contributed by atoms with Gasteiger partial charge in [-0.2, -0.15) is 0 Å². The summed E-state index contributed by atoms with van der Waals surface area (Å²) in [5, 5.41) is 0. The van der Waals surface area contributed by atoms with Gasteiger partial charge in [0.1, 0.15) is 5.60 Å². The van der Waals surface area contributed by atoms with Crippen molar-refractivity contribution in [1.82, 2.24) is 4.90 Å². The van der Waals surface area contributed by atoms with E-state index in [0.29, 0.717) is 18.7 Å². The van der Waals surface area contributed by atoms with Gasteiger partial charge < -0.3 is 19.3 Å². The van der Waals surface area contributed by atoms with Crippen LogP contribution in [0.15, 0.2) is 16.6 Å². The van der Waals surface area contributed by atoms with Crippen LogP contribution in [0.3, 0.4) is 0 Å². The first kappa shape index (κ1) is 21.5. The van der Waals surface area contributed by atoms with Crippen molar-refractivity contribution < 1.29 is 19.1 Å². The Bertz CT molecular complexity index is 707. The molecule has 27 heavy (non-hydrogen) atoms. The van der Waals surface area contributed by atoms with E-state index in [1.165, 1.54) is 7.11 Å². The molecule has 2 rings (SSSR count). The summed E-state index contributed by atoms with van der Waals surface area (Å²) in [6.45, 7) is 8.86. The topological polar surface area (TPSA) is 59.1 Å². The van der Waals surface area contributed by atoms with Crippen molar-refractivity contribution in [3.63, 3.8) is 0 Å². The summed E-state index contributed by atoms with van der Waals surface area (Å²) in [6, 6.07) is 4.08. The largest absolute Gasteiger partial charge is 0.465 e. The molecule has 1 aromatic carbocycles. The maximum atomic E-state index is 12.2. The minimum atomic E-state index is -0.484. The lowest BCUT2D eigenvalue weighted by molar-refractivity contribution is 0.0205. The van der Waals surface area contributed by atoms with E-state index >= 15 is 0 Å². The number of likely N-dealkylation sites (tertiary alicyclic amines) is 1. The first-order valence-corrected chi connectivity index (χ1v) is 9.92. The molecule has 1 amide bonds. The molecule has 0 atom stereocenters. The molecule has 1 fully saturated rings. The minimum absolute atomic E-state index is 0.254. The molecule has 0 spiro atoms. The zero-order valence-electron chi connectivity index (χ0n) is 17.0. The summed E-state index contributed by atoms with van der Waals surface area (Å²) >= 11 is 3.49. The maximum absolute atomic E-state index is 12.2. The third-order valence-corrected chi connectivity index (χ3v) is 5.25. The minimum Gasteiger partial charge on any atom is -0.465 e. The Morgan fingerprint density at radius 3 is 2.33 bits per heavy atom. The highest BCUT2D eigenvalue weighted by atomic mass is 79.9. The molecule has 6 nitrogen and oxygen atoms in total. The van der Waals surface area contributed by atoms with Gasteiger partial charge in [-0.15, -0.1) is 0 Å². The Morgan fingerprint density at radius 2 is 1.81 bits per heavy atom. The third kappa shape index (κ3) is 5.37. The average molecular weight is 441 g/mol. The van der Waals surface area contributed by atoms with E-state index in [4.69, 9.17) is 9.47 Å². The van der Waals surface area contributed by atoms with Crippen LogP contribution in [0.1, 0.15) is 49.5 Å². The SMILES string of the molecule is COC(=O)c1cc(Br)cc(N(C)C2CCN(C(=O)OC(C)(C)C)CC2)c1C. The summed E-state index contributed by atoms with van der Waals surface area (Å²) < 4.78 is 11.2. The smallest absolute Gasteiger partial charge is 0.410 e. The molecular formula is C20H29BrN2O4. The fourth-order valence-electron chi connectivity index (χ4n) is 3.31. The Morgan fingerprint density at radius 1 is 1.22 bits per heavy atom. The molecule has 0 unspecified atom stereocenters. The molecule has 150 valence electrons. The normalized spacial score (nSPS) is 15.4. The van der Waals surface area contributed by atoms with Crippen LogP contribution in [0.4, 0.5) is 10.5 Å². The van der Waals surface area contributed by atoms with E-state index < -0.39 is 5.60 Å². The molecule has 0 N–H and O–H groups in total. The Balaban J connectivity index is 2.10. The highest BCUT2D eigenvalue weighted by molar-refractivity contribution is 9.10. The van der Waals surface area contributed by atoms with Gasteiger partial charge in [-0.25, -0.2) is 9.59 Å². The van der Waals surface area contributed by atoms with Gasteiger partial charge in [-0.1, -0.05) is 15.9 Å². The number of hydrogen-bond acceptors (Lipinski definition) is 5. The van der Waals surface area contributed by atoms with Crippen molar-refractivity contribution in [3.8, 4) is 0 Å². The summed E-state index contributed by atoms with van der Waals surface area (Å²) in [7, 11) is 3.42. The van der Waals surface area contributed by atoms with Gasteiger partial charge in [0.05, 0.1) is 12.7 Å². The van der Waals surface area contributed by atoms with Gasteiger partial charge in [0.25, 0.3) is 0 Å². The number of carbonyl (C=O) groups excluding carboxylic acids is 2.